The van der Waals surface area contributed by atoms with Crippen LogP contribution in [0, 0.1) is 0 Å². The van der Waals surface area contributed by atoms with Gasteiger partial charge in [-0.25, -0.2) is 0 Å². The summed E-state index contributed by atoms with van der Waals surface area (Å²) in [6.07, 6.45) is 2.76. The van der Waals surface area contributed by atoms with E-state index in [1.165, 1.54) is 0 Å². The molecule has 21 heavy (non-hydrogen) atoms. The number of hydrogen-bond donors (Lipinski definition) is 1. The van der Waals surface area contributed by atoms with Gasteiger partial charge in [0.05, 0.1) is 6.04 Å². The molecule has 2 aromatic rings. The minimum atomic E-state index is -0.164. The summed E-state index contributed by atoms with van der Waals surface area (Å²) in [6, 6.07) is 12.6. The van der Waals surface area contributed by atoms with Gasteiger partial charge in [0.15, 0.2) is 0 Å². The molecule has 0 aliphatic heterocycles. The molecule has 4 heteroatoms. The third-order valence-electron chi connectivity index (χ3n) is 3.68. The SMILES string of the molecule is CC(c1ccccc1O)N(C)C(=O)CCc1ccccn1. The summed E-state index contributed by atoms with van der Waals surface area (Å²) in [5, 5.41) is 9.87. The number of nitrogens with zero attached hydrogens (tertiary/aromatic N) is 2. The number of pyridine rings is 1. The fourth-order valence-corrected chi connectivity index (χ4v) is 2.22. The molecule has 1 aromatic carbocycles. The largest absolute Gasteiger partial charge is 0.508 e. The van der Waals surface area contributed by atoms with E-state index >= 15 is 0 Å². The lowest BCUT2D eigenvalue weighted by Crippen LogP contribution is -2.29. The van der Waals surface area contributed by atoms with Gasteiger partial charge in [-0.15, -0.1) is 0 Å². The molecule has 4 nitrogen and oxygen atoms in total. The standard InChI is InChI=1S/C17H20N2O2/c1-13(15-8-3-4-9-16(15)20)19(2)17(21)11-10-14-7-5-6-12-18-14/h3-9,12-13,20H,10-11H2,1-2H3. The summed E-state index contributed by atoms with van der Waals surface area (Å²) in [4.78, 5) is 18.1. The van der Waals surface area contributed by atoms with Gasteiger partial charge in [-0.05, 0) is 31.5 Å². The fourth-order valence-electron chi connectivity index (χ4n) is 2.22. The highest BCUT2D eigenvalue weighted by Crippen LogP contribution is 2.27. The van der Waals surface area contributed by atoms with E-state index in [4.69, 9.17) is 0 Å². The third kappa shape index (κ3) is 3.81. The fraction of sp³-hybridized carbons (Fsp3) is 0.294. The van der Waals surface area contributed by atoms with Crippen LogP contribution < -0.4 is 0 Å². The van der Waals surface area contributed by atoms with Gasteiger partial charge < -0.3 is 10.0 Å². The quantitative estimate of drug-likeness (QED) is 0.918. The van der Waals surface area contributed by atoms with E-state index in [1.54, 1.807) is 30.3 Å². The highest BCUT2D eigenvalue weighted by Gasteiger charge is 2.19. The molecule has 0 bridgehead atoms. The predicted molar refractivity (Wildman–Crippen MR) is 81.8 cm³/mol. The first kappa shape index (κ1) is 15.0. The number of aryl methyl sites for hydroxylation is 1. The summed E-state index contributed by atoms with van der Waals surface area (Å²) in [7, 11) is 1.76. The van der Waals surface area contributed by atoms with Crippen LogP contribution in [-0.4, -0.2) is 27.9 Å². The van der Waals surface area contributed by atoms with E-state index in [2.05, 4.69) is 4.98 Å². The van der Waals surface area contributed by atoms with Gasteiger partial charge >= 0.3 is 0 Å². The Hall–Kier alpha value is -2.36. The van der Waals surface area contributed by atoms with E-state index < -0.39 is 0 Å². The first-order valence-electron chi connectivity index (χ1n) is 7.03. The molecule has 1 aromatic heterocycles. The van der Waals surface area contributed by atoms with E-state index in [0.717, 1.165) is 11.3 Å². The molecule has 1 atom stereocenters. The van der Waals surface area contributed by atoms with Crippen LogP contribution in [-0.2, 0) is 11.2 Å². The summed E-state index contributed by atoms with van der Waals surface area (Å²) in [6.45, 7) is 1.91. The number of aromatic hydroxyl groups is 1. The molecule has 2 rings (SSSR count). The van der Waals surface area contributed by atoms with Gasteiger partial charge in [0.1, 0.15) is 5.75 Å². The van der Waals surface area contributed by atoms with Crippen LogP contribution in [0.2, 0.25) is 0 Å². The molecule has 0 saturated carbocycles. The molecule has 1 heterocycles. The molecule has 1 unspecified atom stereocenters. The van der Waals surface area contributed by atoms with E-state index in [0.29, 0.717) is 12.8 Å². The average molecular weight is 284 g/mol. The number of carbonyl (C=O) groups excluding carboxylic acids is 1. The number of rotatable bonds is 5. The molecule has 0 aliphatic carbocycles. The Kier molecular flexibility index (Phi) is 4.93. The zero-order chi connectivity index (χ0) is 15.2. The van der Waals surface area contributed by atoms with Crippen LogP contribution in [0.3, 0.4) is 0 Å². The molecule has 110 valence electrons. The first-order valence-corrected chi connectivity index (χ1v) is 7.03. The number of para-hydroxylation sites is 1. The van der Waals surface area contributed by atoms with Crippen LogP contribution in [0.15, 0.2) is 48.7 Å². The normalized spacial score (nSPS) is 11.9. The minimum absolute atomic E-state index is 0.0383. The Morgan fingerprint density at radius 1 is 1.24 bits per heavy atom. The molecular weight excluding hydrogens is 264 g/mol. The van der Waals surface area contributed by atoms with Gasteiger partial charge in [0, 0.05) is 30.9 Å². The molecule has 0 spiro atoms. The van der Waals surface area contributed by atoms with E-state index in [1.807, 2.05) is 37.3 Å². The Balaban J connectivity index is 1.97. The maximum atomic E-state index is 12.3. The second-order valence-electron chi connectivity index (χ2n) is 5.06. The van der Waals surface area contributed by atoms with Crippen molar-refractivity contribution in [2.45, 2.75) is 25.8 Å². The molecular formula is C17H20N2O2. The number of carbonyl (C=O) groups is 1. The predicted octanol–water partition coefficient (Wildman–Crippen LogP) is 2.94. The molecule has 0 aliphatic rings. The number of amides is 1. The van der Waals surface area contributed by atoms with Crippen molar-refractivity contribution in [1.82, 2.24) is 9.88 Å². The maximum Gasteiger partial charge on any atom is 0.223 e. The van der Waals surface area contributed by atoms with E-state index in [9.17, 15) is 9.90 Å². The van der Waals surface area contributed by atoms with Crippen molar-refractivity contribution in [1.29, 1.82) is 0 Å². The summed E-state index contributed by atoms with van der Waals surface area (Å²) in [5.74, 6) is 0.255. The van der Waals surface area contributed by atoms with Crippen LogP contribution in [0.4, 0.5) is 0 Å². The number of hydrogen-bond acceptors (Lipinski definition) is 3. The van der Waals surface area contributed by atoms with Crippen molar-refractivity contribution in [2.24, 2.45) is 0 Å². The number of phenols is 1. The third-order valence-corrected chi connectivity index (χ3v) is 3.68. The Labute approximate surface area is 125 Å². The van der Waals surface area contributed by atoms with Crippen molar-refractivity contribution < 1.29 is 9.90 Å². The summed E-state index contributed by atoms with van der Waals surface area (Å²) in [5.41, 5.74) is 1.67. The highest BCUT2D eigenvalue weighted by atomic mass is 16.3. The lowest BCUT2D eigenvalue weighted by molar-refractivity contribution is -0.131. The zero-order valence-electron chi connectivity index (χ0n) is 12.4. The zero-order valence-corrected chi connectivity index (χ0v) is 12.4. The van der Waals surface area contributed by atoms with Crippen LogP contribution in [0.5, 0.6) is 5.75 Å². The number of aromatic nitrogens is 1. The lowest BCUT2D eigenvalue weighted by Gasteiger charge is -2.26. The summed E-state index contributed by atoms with van der Waals surface area (Å²) >= 11 is 0. The van der Waals surface area contributed by atoms with Crippen LogP contribution in [0.25, 0.3) is 0 Å². The second-order valence-corrected chi connectivity index (χ2v) is 5.06. The Morgan fingerprint density at radius 3 is 2.62 bits per heavy atom. The molecule has 0 radical (unpaired) electrons. The monoisotopic (exact) mass is 284 g/mol. The van der Waals surface area contributed by atoms with Crippen LogP contribution >= 0.6 is 0 Å². The van der Waals surface area contributed by atoms with Crippen molar-refractivity contribution in [3.8, 4) is 5.75 Å². The smallest absolute Gasteiger partial charge is 0.223 e. The van der Waals surface area contributed by atoms with Crippen molar-refractivity contribution in [2.75, 3.05) is 7.05 Å². The van der Waals surface area contributed by atoms with Gasteiger partial charge in [0.25, 0.3) is 0 Å². The Bertz CT molecular complexity index is 599. The van der Waals surface area contributed by atoms with Crippen molar-refractivity contribution >= 4 is 5.91 Å². The van der Waals surface area contributed by atoms with Crippen LogP contribution in [0.1, 0.15) is 30.6 Å². The highest BCUT2D eigenvalue weighted by molar-refractivity contribution is 5.76. The number of phenolic OH excluding ortho intramolecular Hbond substituents is 1. The lowest BCUT2D eigenvalue weighted by atomic mass is 10.1. The van der Waals surface area contributed by atoms with Crippen molar-refractivity contribution in [3.63, 3.8) is 0 Å². The minimum Gasteiger partial charge on any atom is -0.508 e. The average Bonchev–Trinajstić information content (AvgIpc) is 2.52. The van der Waals surface area contributed by atoms with Gasteiger partial charge in [-0.3, -0.25) is 9.78 Å². The molecule has 0 saturated heterocycles. The van der Waals surface area contributed by atoms with Gasteiger partial charge in [0.2, 0.25) is 5.91 Å². The Morgan fingerprint density at radius 2 is 1.95 bits per heavy atom. The molecule has 0 fully saturated rings. The topological polar surface area (TPSA) is 53.4 Å². The first-order chi connectivity index (χ1) is 10.1. The van der Waals surface area contributed by atoms with Crippen molar-refractivity contribution in [3.05, 3.63) is 59.9 Å². The second kappa shape index (κ2) is 6.88. The van der Waals surface area contributed by atoms with Gasteiger partial charge in [-0.2, -0.15) is 0 Å². The van der Waals surface area contributed by atoms with E-state index in [-0.39, 0.29) is 17.7 Å². The number of benzene rings is 1. The maximum absolute atomic E-state index is 12.3. The molecule has 1 N–H and O–H groups in total. The summed E-state index contributed by atoms with van der Waals surface area (Å²) < 4.78 is 0. The molecule has 1 amide bonds. The van der Waals surface area contributed by atoms with Gasteiger partial charge in [-0.1, -0.05) is 24.3 Å².